The minimum atomic E-state index is -0.141. The molecule has 2 aliphatic heterocycles. The maximum Gasteiger partial charge on any atom is 0.251 e. The average molecular weight is 974 g/mol. The topological polar surface area (TPSA) is 159 Å². The zero-order valence-corrected chi connectivity index (χ0v) is 40.3. The number of unbranched alkanes of at least 4 members (excludes halogenated alkanes) is 1. The van der Waals surface area contributed by atoms with E-state index >= 15 is 0 Å². The lowest BCUT2D eigenvalue weighted by atomic mass is 10.0. The summed E-state index contributed by atoms with van der Waals surface area (Å²) in [4.78, 5) is 49.8. The van der Waals surface area contributed by atoms with Gasteiger partial charge in [0.25, 0.3) is 5.91 Å². The zero-order valence-electron chi connectivity index (χ0n) is 39.5. The van der Waals surface area contributed by atoms with Crippen LogP contribution in [0.15, 0.2) is 159 Å². The summed E-state index contributed by atoms with van der Waals surface area (Å²) in [6, 6.07) is 39.7. The molecule has 73 heavy (non-hydrogen) atoms. The quantitative estimate of drug-likeness (QED) is 0.0690. The number of ether oxygens (including phenoxy) is 1. The second-order valence-corrected chi connectivity index (χ2v) is 18.1. The van der Waals surface area contributed by atoms with Gasteiger partial charge in [-0.15, -0.1) is 0 Å². The Morgan fingerprint density at radius 1 is 0.507 bits per heavy atom. The van der Waals surface area contributed by atoms with Gasteiger partial charge in [-0.3, -0.25) is 19.7 Å². The molecule has 0 atom stereocenters. The van der Waals surface area contributed by atoms with E-state index in [1.54, 1.807) is 44.3 Å². The smallest absolute Gasteiger partial charge is 0.251 e. The number of anilines is 1. The number of methoxy groups -OCH3 is 1. The number of hydrogen-bond acceptors (Lipinski definition) is 9. The molecule has 4 N–H and O–H groups in total. The number of halogens is 1. The molecule has 8 bridgehead atoms. The zero-order chi connectivity index (χ0) is 49.3. The third-order valence-corrected chi connectivity index (χ3v) is 13.5. The van der Waals surface area contributed by atoms with E-state index in [-0.39, 0.29) is 5.91 Å². The van der Waals surface area contributed by atoms with Gasteiger partial charge in [0.15, 0.2) is 0 Å². The largest absolute Gasteiger partial charge is 0.497 e. The molecule has 0 fully saturated rings. The van der Waals surface area contributed by atoms with Gasteiger partial charge in [0, 0.05) is 116 Å². The van der Waals surface area contributed by atoms with Crippen molar-refractivity contribution in [1.29, 1.82) is 0 Å². The molecule has 2 aliphatic rings. The Morgan fingerprint density at radius 3 is 1.48 bits per heavy atom. The Labute approximate surface area is 424 Å². The highest BCUT2D eigenvalue weighted by atomic mass is 35.5. The van der Waals surface area contributed by atoms with E-state index in [4.69, 9.17) is 31.3 Å². The molecule has 0 unspecified atom stereocenters. The molecule has 9 heterocycles. The van der Waals surface area contributed by atoms with Crippen molar-refractivity contribution in [3.63, 3.8) is 0 Å². The Balaban J connectivity index is 0.889. The highest BCUT2D eigenvalue weighted by molar-refractivity contribution is 6.31. The summed E-state index contributed by atoms with van der Waals surface area (Å²) in [6.45, 7) is 1.21. The van der Waals surface area contributed by atoms with E-state index in [1.165, 1.54) is 0 Å². The fourth-order valence-electron chi connectivity index (χ4n) is 9.75. The first-order chi connectivity index (χ1) is 36.0. The molecule has 0 saturated heterocycles. The van der Waals surface area contributed by atoms with Gasteiger partial charge in [-0.1, -0.05) is 23.7 Å². The molecule has 10 aromatic rings. The Kier molecular flexibility index (Phi) is 12.0. The van der Waals surface area contributed by atoms with Crippen molar-refractivity contribution in [2.24, 2.45) is 0 Å². The number of carbonyl (C=O) groups excluding carboxylic acids is 1. The van der Waals surface area contributed by atoms with Crippen molar-refractivity contribution in [2.45, 2.75) is 12.8 Å². The molecule has 0 radical (unpaired) electrons. The maximum absolute atomic E-state index is 13.7. The SMILES string of the molecule is COc1ccc2nc3cc(Cl)ccc3c(NCCCCNC(=O)c3ccc(-c4c5nc(c(-c6ccncc6)c6ccc([nH]6)c(-c6ccncc6)c6nc(c(-c7ccncc7)c7ccc4[nH]7)C=C6)C=C5)cc3)c2c1. The summed E-state index contributed by atoms with van der Waals surface area (Å²) >= 11 is 6.35. The van der Waals surface area contributed by atoms with E-state index < -0.39 is 0 Å². The summed E-state index contributed by atoms with van der Waals surface area (Å²) < 4.78 is 5.54. The molecule has 12 nitrogen and oxygen atoms in total. The minimum Gasteiger partial charge on any atom is -0.497 e. The highest BCUT2D eigenvalue weighted by Crippen LogP contribution is 2.39. The van der Waals surface area contributed by atoms with Crippen LogP contribution in [0.4, 0.5) is 5.69 Å². The van der Waals surface area contributed by atoms with Crippen LogP contribution in [0.2, 0.25) is 5.02 Å². The molecular formula is C60H45ClN10O2. The standard InChI is InChI=1S/C60H45ClN10O2/c1-73-42-9-11-45-44(35-42)59(43-10-8-41(61)34-54(43)67-45)65-26-2-3-27-66-60(72)40-6-4-36(5-7-40)55-46-12-14-48(68-46)56(37-20-28-62-29-21-37)50-16-18-52(70-50)58(39-24-32-64-33-25-39)53-19-17-51(71-53)57(38-22-30-63-31-23-38)49-15-13-47(55)69-49/h4-25,28-35,68,71H,2-3,26-27H2,1H3,(H,65,67)(H,66,72). The summed E-state index contributed by atoms with van der Waals surface area (Å²) in [6.07, 6.45) is 20.7. The fourth-order valence-corrected chi connectivity index (χ4v) is 9.91. The van der Waals surface area contributed by atoms with Crippen LogP contribution in [-0.2, 0) is 0 Å². The van der Waals surface area contributed by atoms with Gasteiger partial charge >= 0.3 is 0 Å². The lowest BCUT2D eigenvalue weighted by Crippen LogP contribution is -2.24. The number of aromatic amines is 2. The predicted molar refractivity (Wildman–Crippen MR) is 295 cm³/mol. The third kappa shape index (κ3) is 8.85. The molecule has 354 valence electrons. The molecule has 3 aromatic carbocycles. The number of pyridine rings is 4. The molecule has 1 amide bonds. The van der Waals surface area contributed by atoms with Crippen LogP contribution < -0.4 is 15.4 Å². The van der Waals surface area contributed by atoms with Crippen LogP contribution in [0.5, 0.6) is 5.75 Å². The van der Waals surface area contributed by atoms with Crippen molar-refractivity contribution in [3.05, 3.63) is 192 Å². The van der Waals surface area contributed by atoms with Gasteiger partial charge in [-0.25, -0.2) is 15.0 Å². The van der Waals surface area contributed by atoms with Gasteiger partial charge in [-0.05, 0) is 169 Å². The lowest BCUT2D eigenvalue weighted by Gasteiger charge is -2.14. The normalized spacial score (nSPS) is 11.9. The number of aromatic nitrogens is 8. The van der Waals surface area contributed by atoms with Crippen LogP contribution >= 0.6 is 11.6 Å². The Bertz CT molecular complexity index is 3950. The van der Waals surface area contributed by atoms with Gasteiger partial charge in [-0.2, -0.15) is 0 Å². The second kappa shape index (κ2) is 19.5. The number of fused-ring (bicyclic) bond motifs is 10. The van der Waals surface area contributed by atoms with Crippen LogP contribution in [0, 0.1) is 0 Å². The minimum absolute atomic E-state index is 0.141. The number of benzene rings is 3. The van der Waals surface area contributed by atoms with Gasteiger partial charge < -0.3 is 25.3 Å². The van der Waals surface area contributed by atoms with Crippen molar-refractivity contribution in [1.82, 2.24) is 45.2 Å². The maximum atomic E-state index is 13.7. The summed E-state index contributed by atoms with van der Waals surface area (Å²) in [5, 5.41) is 9.37. The number of carbonyl (C=O) groups is 1. The second-order valence-electron chi connectivity index (χ2n) is 17.7. The summed E-state index contributed by atoms with van der Waals surface area (Å²) in [5.41, 5.74) is 17.3. The van der Waals surface area contributed by atoms with Crippen LogP contribution in [0.3, 0.4) is 0 Å². The average Bonchev–Trinajstić information content (AvgIpc) is 4.29. The Hall–Kier alpha value is -9.26. The van der Waals surface area contributed by atoms with Gasteiger partial charge in [0.2, 0.25) is 0 Å². The van der Waals surface area contributed by atoms with E-state index in [1.807, 2.05) is 97.1 Å². The number of hydrogen-bond donors (Lipinski definition) is 4. The first-order valence-corrected chi connectivity index (χ1v) is 24.4. The van der Waals surface area contributed by atoms with Crippen molar-refractivity contribution in [3.8, 4) is 50.3 Å². The molecule has 7 aromatic heterocycles. The molecule has 12 rings (SSSR count). The molecule has 0 spiro atoms. The fraction of sp³-hybridized carbons (Fsp3) is 0.0833. The first-order valence-electron chi connectivity index (χ1n) is 24.0. The van der Waals surface area contributed by atoms with Gasteiger partial charge in [0.1, 0.15) is 5.75 Å². The van der Waals surface area contributed by atoms with Crippen LogP contribution in [0.1, 0.15) is 46.0 Å². The summed E-state index contributed by atoms with van der Waals surface area (Å²) in [5.74, 6) is 0.616. The number of H-pyrrole nitrogens is 2. The van der Waals surface area contributed by atoms with E-state index in [0.717, 1.165) is 135 Å². The van der Waals surface area contributed by atoms with E-state index in [9.17, 15) is 4.79 Å². The van der Waals surface area contributed by atoms with E-state index in [2.05, 4.69) is 84.1 Å². The first kappa shape index (κ1) is 44.9. The predicted octanol–water partition coefficient (Wildman–Crippen LogP) is 13.5. The molecular weight excluding hydrogens is 928 g/mol. The number of rotatable bonds is 12. The third-order valence-electron chi connectivity index (χ3n) is 13.2. The Morgan fingerprint density at radius 2 is 0.986 bits per heavy atom. The molecule has 0 aliphatic carbocycles. The van der Waals surface area contributed by atoms with Gasteiger partial charge in [0.05, 0.1) is 46.6 Å². The summed E-state index contributed by atoms with van der Waals surface area (Å²) in [7, 11) is 1.66. The van der Waals surface area contributed by atoms with Crippen molar-refractivity contribution >= 4 is 91.4 Å². The number of amides is 1. The lowest BCUT2D eigenvalue weighted by molar-refractivity contribution is 0.0953. The molecule has 0 saturated carbocycles. The molecule has 13 heteroatoms. The van der Waals surface area contributed by atoms with Crippen LogP contribution in [0.25, 0.3) is 113 Å². The number of nitrogens with zero attached hydrogens (tertiary/aromatic N) is 6. The highest BCUT2D eigenvalue weighted by Gasteiger charge is 2.20. The van der Waals surface area contributed by atoms with E-state index in [0.29, 0.717) is 23.7 Å². The number of nitrogens with one attached hydrogen (secondary N) is 4. The van der Waals surface area contributed by atoms with Crippen LogP contribution in [-0.4, -0.2) is 66.0 Å². The monoisotopic (exact) mass is 972 g/mol. The van der Waals surface area contributed by atoms with Crippen molar-refractivity contribution < 1.29 is 9.53 Å². The van der Waals surface area contributed by atoms with Crippen molar-refractivity contribution in [2.75, 3.05) is 25.5 Å².